The summed E-state index contributed by atoms with van der Waals surface area (Å²) in [7, 11) is 0. The molecule has 0 aromatic heterocycles. The third-order valence-electron chi connectivity index (χ3n) is 4.93. The van der Waals surface area contributed by atoms with E-state index in [1.54, 1.807) is 0 Å². The number of nitrogens with one attached hydrogen (secondary N) is 2. The van der Waals surface area contributed by atoms with Crippen LogP contribution in [0.2, 0.25) is 0 Å². The van der Waals surface area contributed by atoms with Crippen molar-refractivity contribution in [3.05, 3.63) is 35.9 Å². The van der Waals surface area contributed by atoms with Crippen molar-refractivity contribution in [2.24, 2.45) is 5.92 Å². The predicted molar refractivity (Wildman–Crippen MR) is 89.0 cm³/mol. The van der Waals surface area contributed by atoms with E-state index in [0.717, 1.165) is 6.42 Å². The third-order valence-corrected chi connectivity index (χ3v) is 4.93. The number of nitrogens with zero attached hydrogens (tertiary/aromatic N) is 1. The van der Waals surface area contributed by atoms with Crippen LogP contribution in [-0.4, -0.2) is 42.5 Å². The zero-order valence-electron chi connectivity index (χ0n) is 13.5. The van der Waals surface area contributed by atoms with Gasteiger partial charge in [-0.1, -0.05) is 43.2 Å². The smallest absolute Gasteiger partial charge is 0.324 e. The molecule has 1 saturated heterocycles. The minimum Gasteiger partial charge on any atom is -0.329 e. The van der Waals surface area contributed by atoms with Crippen molar-refractivity contribution in [3.63, 3.8) is 0 Å². The minimum absolute atomic E-state index is 0.124. The zero-order chi connectivity index (χ0) is 16.1. The lowest BCUT2D eigenvalue weighted by molar-refractivity contribution is -0.124. The van der Waals surface area contributed by atoms with E-state index in [1.807, 2.05) is 0 Å². The topological polar surface area (TPSA) is 61.4 Å². The first-order valence-corrected chi connectivity index (χ1v) is 8.59. The van der Waals surface area contributed by atoms with Gasteiger partial charge in [0, 0.05) is 19.1 Å². The molecule has 1 aliphatic carbocycles. The highest BCUT2D eigenvalue weighted by Crippen LogP contribution is 2.27. The van der Waals surface area contributed by atoms with Crippen molar-refractivity contribution < 1.29 is 9.59 Å². The molecule has 3 rings (SSSR count). The van der Waals surface area contributed by atoms with Crippen molar-refractivity contribution >= 4 is 11.9 Å². The van der Waals surface area contributed by atoms with Crippen molar-refractivity contribution in [2.75, 3.05) is 19.6 Å². The van der Waals surface area contributed by atoms with Gasteiger partial charge in [0.1, 0.15) is 0 Å². The molecular formula is C18H25N3O2. The van der Waals surface area contributed by atoms with Gasteiger partial charge in [-0.2, -0.15) is 0 Å². The van der Waals surface area contributed by atoms with Gasteiger partial charge >= 0.3 is 6.03 Å². The van der Waals surface area contributed by atoms with Gasteiger partial charge in [0.2, 0.25) is 5.91 Å². The average Bonchev–Trinajstić information content (AvgIpc) is 2.89. The molecule has 3 amide bonds. The average molecular weight is 315 g/mol. The summed E-state index contributed by atoms with van der Waals surface area (Å²) in [6.45, 7) is 1.27. The van der Waals surface area contributed by atoms with E-state index in [-0.39, 0.29) is 18.5 Å². The molecule has 0 radical (unpaired) electrons. The minimum atomic E-state index is -0.263. The Labute approximate surface area is 137 Å². The van der Waals surface area contributed by atoms with Crippen LogP contribution in [0.4, 0.5) is 4.79 Å². The van der Waals surface area contributed by atoms with Gasteiger partial charge in [-0.05, 0) is 30.7 Å². The molecule has 5 nitrogen and oxygen atoms in total. The lowest BCUT2D eigenvalue weighted by Gasteiger charge is -2.33. The quantitative estimate of drug-likeness (QED) is 0.789. The summed E-state index contributed by atoms with van der Waals surface area (Å²) in [4.78, 5) is 24.4. The van der Waals surface area contributed by atoms with Gasteiger partial charge in [0.05, 0.1) is 6.54 Å². The first-order chi connectivity index (χ1) is 11.2. The second kappa shape index (κ2) is 7.59. The largest absolute Gasteiger partial charge is 0.329 e. The van der Waals surface area contributed by atoms with Gasteiger partial charge in [-0.25, -0.2) is 4.79 Å². The summed E-state index contributed by atoms with van der Waals surface area (Å²) in [5.41, 5.74) is 1.39. The maximum atomic E-state index is 11.6. The summed E-state index contributed by atoms with van der Waals surface area (Å²) in [5, 5.41) is 6.14. The molecule has 1 aromatic carbocycles. The second-order valence-corrected chi connectivity index (χ2v) is 6.50. The fourth-order valence-corrected chi connectivity index (χ4v) is 3.68. The second-order valence-electron chi connectivity index (χ2n) is 6.50. The number of carbonyl (C=O) groups excluding carboxylic acids is 2. The van der Waals surface area contributed by atoms with E-state index < -0.39 is 0 Å². The Bertz CT molecular complexity index is 530. The van der Waals surface area contributed by atoms with E-state index >= 15 is 0 Å². The van der Waals surface area contributed by atoms with E-state index in [4.69, 9.17) is 0 Å². The number of benzene rings is 1. The summed E-state index contributed by atoms with van der Waals surface area (Å²) >= 11 is 0. The van der Waals surface area contributed by atoms with E-state index in [9.17, 15) is 9.59 Å². The van der Waals surface area contributed by atoms with E-state index in [2.05, 4.69) is 41.0 Å². The fourth-order valence-electron chi connectivity index (χ4n) is 3.68. The van der Waals surface area contributed by atoms with Crippen LogP contribution in [0.5, 0.6) is 0 Å². The van der Waals surface area contributed by atoms with Crippen LogP contribution in [0.25, 0.3) is 0 Å². The molecule has 23 heavy (non-hydrogen) atoms. The SMILES string of the molecule is O=C1CNC(=O)N1CCN[C@H]1CCCC[C@@H]1Cc1ccccc1. The highest BCUT2D eigenvalue weighted by molar-refractivity contribution is 6.01. The number of amides is 3. The summed E-state index contributed by atoms with van der Waals surface area (Å²) in [6.07, 6.45) is 6.07. The molecule has 1 aliphatic heterocycles. The maximum absolute atomic E-state index is 11.6. The van der Waals surface area contributed by atoms with E-state index in [1.165, 1.54) is 36.1 Å². The van der Waals surface area contributed by atoms with Gasteiger partial charge in [0.25, 0.3) is 0 Å². The third kappa shape index (κ3) is 4.10. The van der Waals surface area contributed by atoms with E-state index in [0.29, 0.717) is 25.0 Å². The predicted octanol–water partition coefficient (Wildman–Crippen LogP) is 1.93. The van der Waals surface area contributed by atoms with Crippen molar-refractivity contribution in [1.82, 2.24) is 15.5 Å². The Morgan fingerprint density at radius 1 is 1.13 bits per heavy atom. The molecule has 5 heteroatoms. The highest BCUT2D eigenvalue weighted by Gasteiger charge is 2.29. The lowest BCUT2D eigenvalue weighted by atomic mass is 9.80. The van der Waals surface area contributed by atoms with Crippen LogP contribution in [0.15, 0.2) is 30.3 Å². The standard InChI is InChI=1S/C18H25N3O2/c22-17-13-20-18(23)21(17)11-10-19-16-9-5-4-8-15(16)12-14-6-2-1-3-7-14/h1-3,6-7,15-16,19H,4-5,8-13H2,(H,20,23)/t15-,16+/m1/s1. The normalized spacial score (nSPS) is 24.8. The molecule has 2 fully saturated rings. The van der Waals surface area contributed by atoms with Crippen LogP contribution in [-0.2, 0) is 11.2 Å². The summed E-state index contributed by atoms with van der Waals surface area (Å²) < 4.78 is 0. The van der Waals surface area contributed by atoms with Crippen molar-refractivity contribution in [2.45, 2.75) is 38.1 Å². The summed E-state index contributed by atoms with van der Waals surface area (Å²) in [6, 6.07) is 10.8. The number of hydrogen-bond acceptors (Lipinski definition) is 3. The van der Waals surface area contributed by atoms with Crippen molar-refractivity contribution in [1.29, 1.82) is 0 Å². The Balaban J connectivity index is 1.50. The molecular weight excluding hydrogens is 290 g/mol. The van der Waals surface area contributed by atoms with Crippen LogP contribution >= 0.6 is 0 Å². The molecule has 1 aromatic rings. The number of urea groups is 1. The molecule has 1 saturated carbocycles. The van der Waals surface area contributed by atoms with Crippen LogP contribution in [0.3, 0.4) is 0 Å². The molecule has 2 aliphatic rings. The number of imide groups is 1. The van der Waals surface area contributed by atoms with Gasteiger partial charge < -0.3 is 10.6 Å². The number of rotatable bonds is 6. The number of hydrogen-bond donors (Lipinski definition) is 2. The number of carbonyl (C=O) groups is 2. The maximum Gasteiger partial charge on any atom is 0.324 e. The molecule has 2 atom stereocenters. The monoisotopic (exact) mass is 315 g/mol. The van der Waals surface area contributed by atoms with Gasteiger partial charge in [-0.3, -0.25) is 9.69 Å². The molecule has 0 bridgehead atoms. The first-order valence-electron chi connectivity index (χ1n) is 8.59. The lowest BCUT2D eigenvalue weighted by Crippen LogP contribution is -2.44. The molecule has 2 N–H and O–H groups in total. The summed E-state index contributed by atoms with van der Waals surface area (Å²) in [5.74, 6) is 0.510. The highest BCUT2D eigenvalue weighted by atomic mass is 16.2. The van der Waals surface area contributed by atoms with Crippen molar-refractivity contribution in [3.8, 4) is 0 Å². The Hall–Kier alpha value is -1.88. The Morgan fingerprint density at radius 2 is 1.91 bits per heavy atom. The zero-order valence-corrected chi connectivity index (χ0v) is 13.5. The van der Waals surface area contributed by atoms with Crippen LogP contribution < -0.4 is 10.6 Å². The van der Waals surface area contributed by atoms with Crippen LogP contribution in [0.1, 0.15) is 31.2 Å². The molecule has 0 spiro atoms. The molecule has 0 unspecified atom stereocenters. The van der Waals surface area contributed by atoms with Crippen LogP contribution in [0, 0.1) is 5.92 Å². The fraction of sp³-hybridized carbons (Fsp3) is 0.556. The molecule has 124 valence electrons. The van der Waals surface area contributed by atoms with Gasteiger partial charge in [-0.15, -0.1) is 0 Å². The Morgan fingerprint density at radius 3 is 2.65 bits per heavy atom. The first kappa shape index (κ1) is 16.0. The Kier molecular flexibility index (Phi) is 5.28. The molecule has 1 heterocycles. The van der Waals surface area contributed by atoms with Gasteiger partial charge in [0.15, 0.2) is 0 Å².